The molecule has 1 aromatic carbocycles. The fraction of sp³-hybridized carbons (Fsp3) is 0.130. The van der Waals surface area contributed by atoms with Crippen molar-refractivity contribution in [2.24, 2.45) is 0 Å². The number of carbonyl (C=O) groups excluding carboxylic acids is 1. The Labute approximate surface area is 173 Å². The third kappa shape index (κ3) is 3.65. The number of aryl methyl sites for hydroxylation is 2. The average Bonchev–Trinajstić information content (AvgIpc) is 2.73. The molecule has 7 heteroatoms. The number of rotatable bonds is 4. The first-order valence-electron chi connectivity index (χ1n) is 9.50. The van der Waals surface area contributed by atoms with Gasteiger partial charge in [-0.05, 0) is 66.8 Å². The molecule has 0 saturated heterocycles. The predicted molar refractivity (Wildman–Crippen MR) is 118 cm³/mol. The Morgan fingerprint density at radius 3 is 2.63 bits per heavy atom. The SMILES string of the molecule is CNC(=O)c1ccc(Nc2nc(-c3cncc(C)c3)cc3cc[nH]c(=O)c23)cc1C. The van der Waals surface area contributed by atoms with Crippen LogP contribution in [-0.2, 0) is 0 Å². The van der Waals surface area contributed by atoms with Crippen LogP contribution in [0.15, 0.2) is 59.8 Å². The van der Waals surface area contributed by atoms with Crippen LogP contribution >= 0.6 is 0 Å². The Morgan fingerprint density at radius 1 is 1.07 bits per heavy atom. The van der Waals surface area contributed by atoms with E-state index in [9.17, 15) is 9.59 Å². The van der Waals surface area contributed by atoms with Gasteiger partial charge in [0, 0.05) is 42.5 Å². The zero-order valence-corrected chi connectivity index (χ0v) is 16.9. The number of amides is 1. The van der Waals surface area contributed by atoms with Crippen LogP contribution in [0.25, 0.3) is 22.0 Å². The van der Waals surface area contributed by atoms with Crippen LogP contribution in [0, 0.1) is 13.8 Å². The van der Waals surface area contributed by atoms with E-state index in [1.54, 1.807) is 37.8 Å². The van der Waals surface area contributed by atoms with Crippen molar-refractivity contribution in [1.82, 2.24) is 20.3 Å². The summed E-state index contributed by atoms with van der Waals surface area (Å²) in [6.07, 6.45) is 5.15. The first kappa shape index (κ1) is 19.3. The van der Waals surface area contributed by atoms with Crippen molar-refractivity contribution in [3.8, 4) is 11.3 Å². The van der Waals surface area contributed by atoms with E-state index < -0.39 is 0 Å². The van der Waals surface area contributed by atoms with Crippen LogP contribution in [0.3, 0.4) is 0 Å². The second kappa shape index (κ2) is 7.79. The monoisotopic (exact) mass is 399 g/mol. The minimum atomic E-state index is -0.227. The normalized spacial score (nSPS) is 10.8. The van der Waals surface area contributed by atoms with Crippen molar-refractivity contribution in [1.29, 1.82) is 0 Å². The molecule has 7 nitrogen and oxygen atoms in total. The van der Waals surface area contributed by atoms with Gasteiger partial charge in [0.1, 0.15) is 5.82 Å². The molecule has 3 aromatic heterocycles. The highest BCUT2D eigenvalue weighted by Crippen LogP contribution is 2.28. The molecule has 0 atom stereocenters. The quantitative estimate of drug-likeness (QED) is 0.486. The van der Waals surface area contributed by atoms with Crippen LogP contribution in [0.2, 0.25) is 0 Å². The standard InChI is InChI=1S/C23H21N5O2/c1-13-8-16(12-25-11-13)19-10-15-6-7-26-23(30)20(15)21(28-19)27-17-4-5-18(14(2)9-17)22(29)24-3/h4-12H,1-3H3,(H,24,29)(H,26,30)(H,27,28). The summed E-state index contributed by atoms with van der Waals surface area (Å²) < 4.78 is 0. The van der Waals surface area contributed by atoms with Gasteiger partial charge in [-0.1, -0.05) is 0 Å². The molecule has 0 spiro atoms. The number of pyridine rings is 3. The van der Waals surface area contributed by atoms with Gasteiger partial charge in [-0.2, -0.15) is 0 Å². The zero-order chi connectivity index (χ0) is 21.3. The number of hydrogen-bond donors (Lipinski definition) is 3. The molecule has 4 rings (SSSR count). The molecular weight excluding hydrogens is 378 g/mol. The van der Waals surface area contributed by atoms with E-state index >= 15 is 0 Å². The van der Waals surface area contributed by atoms with E-state index in [2.05, 4.69) is 20.6 Å². The molecule has 4 aromatic rings. The Kier molecular flexibility index (Phi) is 5.02. The summed E-state index contributed by atoms with van der Waals surface area (Å²) in [5.74, 6) is 0.297. The topological polar surface area (TPSA) is 99.8 Å². The molecule has 3 heterocycles. The van der Waals surface area contributed by atoms with Gasteiger partial charge >= 0.3 is 0 Å². The lowest BCUT2D eigenvalue weighted by atomic mass is 10.1. The number of nitrogens with one attached hydrogen (secondary N) is 3. The van der Waals surface area contributed by atoms with Crippen molar-refractivity contribution < 1.29 is 4.79 Å². The van der Waals surface area contributed by atoms with E-state index in [0.29, 0.717) is 22.5 Å². The van der Waals surface area contributed by atoms with Crippen molar-refractivity contribution in [2.75, 3.05) is 12.4 Å². The maximum Gasteiger partial charge on any atom is 0.259 e. The van der Waals surface area contributed by atoms with Gasteiger partial charge in [-0.25, -0.2) is 4.98 Å². The van der Waals surface area contributed by atoms with Crippen LogP contribution in [0.4, 0.5) is 11.5 Å². The lowest BCUT2D eigenvalue weighted by Gasteiger charge is -2.13. The molecule has 0 saturated carbocycles. The number of carbonyl (C=O) groups is 1. The van der Waals surface area contributed by atoms with Crippen LogP contribution in [-0.4, -0.2) is 27.9 Å². The minimum Gasteiger partial charge on any atom is -0.355 e. The molecule has 0 aliphatic rings. The first-order valence-corrected chi connectivity index (χ1v) is 9.50. The minimum absolute atomic E-state index is 0.145. The Balaban J connectivity index is 1.84. The highest BCUT2D eigenvalue weighted by molar-refractivity contribution is 5.97. The van der Waals surface area contributed by atoms with E-state index in [-0.39, 0.29) is 11.5 Å². The smallest absolute Gasteiger partial charge is 0.259 e. The number of hydrogen-bond acceptors (Lipinski definition) is 5. The van der Waals surface area contributed by atoms with E-state index in [1.165, 1.54) is 0 Å². The molecule has 0 unspecified atom stereocenters. The maximum atomic E-state index is 12.5. The predicted octanol–water partition coefficient (Wildman–Crippen LogP) is 3.71. The highest BCUT2D eigenvalue weighted by atomic mass is 16.1. The lowest BCUT2D eigenvalue weighted by Crippen LogP contribution is -2.18. The summed E-state index contributed by atoms with van der Waals surface area (Å²) in [5, 5.41) is 7.12. The van der Waals surface area contributed by atoms with Gasteiger partial charge < -0.3 is 15.6 Å². The van der Waals surface area contributed by atoms with Gasteiger partial charge in [-0.15, -0.1) is 0 Å². The second-order valence-electron chi connectivity index (χ2n) is 7.11. The molecule has 0 radical (unpaired) electrons. The first-order chi connectivity index (χ1) is 14.5. The fourth-order valence-electron chi connectivity index (χ4n) is 3.42. The van der Waals surface area contributed by atoms with Crippen LogP contribution < -0.4 is 16.2 Å². The molecule has 0 aliphatic carbocycles. The number of aromatic nitrogens is 3. The lowest BCUT2D eigenvalue weighted by molar-refractivity contribution is 0.0962. The van der Waals surface area contributed by atoms with Crippen LogP contribution in [0.5, 0.6) is 0 Å². The number of fused-ring (bicyclic) bond motifs is 1. The summed E-state index contributed by atoms with van der Waals surface area (Å²) in [6.45, 7) is 3.83. The third-order valence-electron chi connectivity index (χ3n) is 4.89. The summed E-state index contributed by atoms with van der Waals surface area (Å²) in [5.41, 5.74) is 4.52. The molecule has 30 heavy (non-hydrogen) atoms. The molecular formula is C23H21N5O2. The fourth-order valence-corrected chi connectivity index (χ4v) is 3.42. The van der Waals surface area contributed by atoms with Gasteiger partial charge in [-0.3, -0.25) is 14.6 Å². The third-order valence-corrected chi connectivity index (χ3v) is 4.89. The summed E-state index contributed by atoms with van der Waals surface area (Å²) in [7, 11) is 1.60. The molecule has 0 bridgehead atoms. The summed E-state index contributed by atoms with van der Waals surface area (Å²) >= 11 is 0. The van der Waals surface area contributed by atoms with E-state index in [4.69, 9.17) is 4.98 Å². The summed E-state index contributed by atoms with van der Waals surface area (Å²) in [4.78, 5) is 36.2. The average molecular weight is 399 g/mol. The Hall–Kier alpha value is -4.00. The van der Waals surface area contributed by atoms with Crippen LogP contribution in [0.1, 0.15) is 21.5 Å². The van der Waals surface area contributed by atoms with Gasteiger partial charge in [0.05, 0.1) is 11.1 Å². The van der Waals surface area contributed by atoms with Gasteiger partial charge in [0.25, 0.3) is 11.5 Å². The van der Waals surface area contributed by atoms with Crippen molar-refractivity contribution in [3.63, 3.8) is 0 Å². The molecule has 0 aliphatic heterocycles. The maximum absolute atomic E-state index is 12.5. The molecule has 150 valence electrons. The van der Waals surface area contributed by atoms with E-state index in [0.717, 1.165) is 27.8 Å². The van der Waals surface area contributed by atoms with E-state index in [1.807, 2.05) is 38.1 Å². The number of anilines is 2. The number of benzene rings is 1. The highest BCUT2D eigenvalue weighted by Gasteiger charge is 2.13. The van der Waals surface area contributed by atoms with Gasteiger partial charge in [0.2, 0.25) is 0 Å². The Morgan fingerprint density at radius 2 is 1.90 bits per heavy atom. The molecule has 3 N–H and O–H groups in total. The van der Waals surface area contributed by atoms with Gasteiger partial charge in [0.15, 0.2) is 0 Å². The largest absolute Gasteiger partial charge is 0.355 e. The molecule has 0 fully saturated rings. The second-order valence-corrected chi connectivity index (χ2v) is 7.11. The van der Waals surface area contributed by atoms with Crippen molar-refractivity contribution in [3.05, 3.63) is 82.0 Å². The number of H-pyrrole nitrogens is 1. The zero-order valence-electron chi connectivity index (χ0n) is 16.9. The van der Waals surface area contributed by atoms with Crippen molar-refractivity contribution in [2.45, 2.75) is 13.8 Å². The summed E-state index contributed by atoms with van der Waals surface area (Å²) in [6, 6.07) is 11.1. The number of aromatic amines is 1. The van der Waals surface area contributed by atoms with Crippen molar-refractivity contribution >= 4 is 28.2 Å². The number of nitrogens with zero attached hydrogens (tertiary/aromatic N) is 2. The Bertz CT molecular complexity index is 1330. The molecule has 1 amide bonds.